The summed E-state index contributed by atoms with van der Waals surface area (Å²) in [6.45, 7) is -0.00181. The second-order valence-electron chi connectivity index (χ2n) is 2.56. The summed E-state index contributed by atoms with van der Waals surface area (Å²) < 4.78 is 4.93. The van der Waals surface area contributed by atoms with Crippen LogP contribution in [0.3, 0.4) is 0 Å². The van der Waals surface area contributed by atoms with Crippen LogP contribution >= 0.6 is 11.3 Å². The van der Waals surface area contributed by atoms with Crippen LogP contribution in [0.5, 0.6) is 0 Å². The van der Waals surface area contributed by atoms with Crippen molar-refractivity contribution in [2.75, 3.05) is 12.3 Å². The van der Waals surface area contributed by atoms with Crippen molar-refractivity contribution >= 4 is 16.5 Å². The molecule has 7 heteroatoms. The van der Waals surface area contributed by atoms with Crippen molar-refractivity contribution in [2.45, 2.75) is 6.42 Å². The van der Waals surface area contributed by atoms with Crippen molar-refractivity contribution in [3.8, 4) is 11.6 Å². The fourth-order valence-corrected chi connectivity index (χ4v) is 1.48. The van der Waals surface area contributed by atoms with Gasteiger partial charge < -0.3 is 15.4 Å². The maximum atomic E-state index is 8.65. The normalized spacial score (nSPS) is 10.6. The zero-order valence-corrected chi connectivity index (χ0v) is 7.99. The van der Waals surface area contributed by atoms with Gasteiger partial charge in [0.2, 0.25) is 0 Å². The van der Waals surface area contributed by atoms with E-state index in [1.54, 1.807) is 5.38 Å². The zero-order chi connectivity index (χ0) is 9.97. The molecule has 74 valence electrons. The lowest BCUT2D eigenvalue weighted by molar-refractivity contribution is 0.293. The summed E-state index contributed by atoms with van der Waals surface area (Å²) in [5.41, 5.74) is 6.03. The summed E-state index contributed by atoms with van der Waals surface area (Å²) in [5, 5.41) is 14.5. The van der Waals surface area contributed by atoms with E-state index in [-0.39, 0.29) is 6.61 Å². The Kier molecular flexibility index (Phi) is 2.42. The van der Waals surface area contributed by atoms with E-state index in [1.807, 2.05) is 0 Å². The van der Waals surface area contributed by atoms with Gasteiger partial charge in [0.25, 0.3) is 5.89 Å². The fourth-order valence-electron chi connectivity index (χ4n) is 0.945. The smallest absolute Gasteiger partial charge is 0.277 e. The highest BCUT2D eigenvalue weighted by atomic mass is 32.1. The summed E-state index contributed by atoms with van der Waals surface area (Å²) in [4.78, 5) is 8.03. The third-order valence-electron chi connectivity index (χ3n) is 1.54. The molecule has 0 aliphatic carbocycles. The maximum absolute atomic E-state index is 8.65. The highest BCUT2D eigenvalue weighted by molar-refractivity contribution is 7.13. The maximum Gasteiger partial charge on any atom is 0.277 e. The molecule has 2 rings (SSSR count). The highest BCUT2D eigenvalue weighted by Gasteiger charge is 2.10. The van der Waals surface area contributed by atoms with Crippen LogP contribution in [0, 0.1) is 0 Å². The summed E-state index contributed by atoms with van der Waals surface area (Å²) in [5.74, 6) is 0.801. The van der Waals surface area contributed by atoms with Crippen molar-refractivity contribution in [3.05, 3.63) is 11.2 Å². The summed E-state index contributed by atoms with van der Waals surface area (Å²) >= 11 is 1.31. The molecule has 0 aromatic carbocycles. The lowest BCUT2D eigenvalue weighted by atomic mass is 10.4. The SMILES string of the molecule is Nc1nc(-c2nc(CCO)no2)cs1. The molecule has 0 amide bonds. The van der Waals surface area contributed by atoms with Crippen molar-refractivity contribution in [3.63, 3.8) is 0 Å². The molecule has 2 heterocycles. The third kappa shape index (κ3) is 1.73. The standard InChI is InChI=1S/C7H8N4O2S/c8-7-9-4(3-14-7)6-10-5(1-2-12)11-13-6/h3,12H,1-2H2,(H2,8,9). The van der Waals surface area contributed by atoms with Gasteiger partial charge >= 0.3 is 0 Å². The molecule has 0 bridgehead atoms. The average Bonchev–Trinajstić information content (AvgIpc) is 2.74. The minimum Gasteiger partial charge on any atom is -0.396 e. The Bertz CT molecular complexity index is 425. The molecule has 0 fully saturated rings. The predicted molar refractivity (Wildman–Crippen MR) is 50.6 cm³/mol. The van der Waals surface area contributed by atoms with Crippen molar-refractivity contribution < 1.29 is 9.63 Å². The van der Waals surface area contributed by atoms with Crippen LogP contribution in [-0.2, 0) is 6.42 Å². The first-order valence-electron chi connectivity index (χ1n) is 3.94. The van der Waals surface area contributed by atoms with Gasteiger partial charge in [0.05, 0.1) is 6.61 Å². The van der Waals surface area contributed by atoms with Gasteiger partial charge in [-0.3, -0.25) is 0 Å². The van der Waals surface area contributed by atoms with E-state index in [9.17, 15) is 0 Å². The topological polar surface area (TPSA) is 98.1 Å². The number of hydrogen-bond donors (Lipinski definition) is 2. The largest absolute Gasteiger partial charge is 0.396 e. The first-order valence-corrected chi connectivity index (χ1v) is 4.82. The Morgan fingerprint density at radius 1 is 1.50 bits per heavy atom. The quantitative estimate of drug-likeness (QED) is 0.759. The molecule has 2 aromatic rings. The monoisotopic (exact) mass is 212 g/mol. The van der Waals surface area contributed by atoms with Gasteiger partial charge in [-0.1, -0.05) is 5.16 Å². The van der Waals surface area contributed by atoms with Crippen LogP contribution in [0.2, 0.25) is 0 Å². The summed E-state index contributed by atoms with van der Waals surface area (Å²) in [6.07, 6.45) is 0.378. The summed E-state index contributed by atoms with van der Waals surface area (Å²) in [7, 11) is 0. The molecule has 0 aliphatic heterocycles. The van der Waals surface area contributed by atoms with Crippen LogP contribution in [0.4, 0.5) is 5.13 Å². The minimum absolute atomic E-state index is 0.00181. The lowest BCUT2D eigenvalue weighted by Crippen LogP contribution is -1.92. The number of thiazole rings is 1. The molecule has 3 N–H and O–H groups in total. The number of anilines is 1. The Hall–Kier alpha value is -1.47. The molecule has 0 aliphatic rings. The Morgan fingerprint density at radius 2 is 2.36 bits per heavy atom. The molecule has 0 spiro atoms. The number of aliphatic hydroxyl groups excluding tert-OH is 1. The Balaban J connectivity index is 2.24. The van der Waals surface area contributed by atoms with Crippen LogP contribution in [0.25, 0.3) is 11.6 Å². The first-order chi connectivity index (χ1) is 6.79. The van der Waals surface area contributed by atoms with E-state index >= 15 is 0 Å². The van der Waals surface area contributed by atoms with E-state index in [1.165, 1.54) is 11.3 Å². The molecule has 0 saturated heterocycles. The minimum atomic E-state index is -0.00181. The van der Waals surface area contributed by atoms with E-state index in [4.69, 9.17) is 15.4 Å². The number of nitrogen functional groups attached to an aromatic ring is 1. The van der Waals surface area contributed by atoms with Gasteiger partial charge in [-0.25, -0.2) is 4.98 Å². The first kappa shape index (κ1) is 9.10. The van der Waals surface area contributed by atoms with Crippen molar-refractivity contribution in [1.82, 2.24) is 15.1 Å². The van der Waals surface area contributed by atoms with Crippen molar-refractivity contribution in [1.29, 1.82) is 0 Å². The van der Waals surface area contributed by atoms with Gasteiger partial charge in [0.1, 0.15) is 5.69 Å². The van der Waals surface area contributed by atoms with E-state index in [0.29, 0.717) is 29.0 Å². The molecule has 2 aromatic heterocycles. The number of rotatable bonds is 3. The molecule has 14 heavy (non-hydrogen) atoms. The molecule has 0 unspecified atom stereocenters. The average molecular weight is 212 g/mol. The van der Waals surface area contributed by atoms with Crippen LogP contribution in [0.15, 0.2) is 9.90 Å². The molecule has 0 saturated carbocycles. The van der Waals surface area contributed by atoms with Gasteiger partial charge in [0.15, 0.2) is 11.0 Å². The van der Waals surface area contributed by atoms with Crippen LogP contribution in [-0.4, -0.2) is 26.8 Å². The number of aliphatic hydroxyl groups is 1. The molecule has 6 nitrogen and oxygen atoms in total. The molecular weight excluding hydrogens is 204 g/mol. The second-order valence-corrected chi connectivity index (χ2v) is 3.45. The number of nitrogens with zero attached hydrogens (tertiary/aromatic N) is 3. The van der Waals surface area contributed by atoms with E-state index in [2.05, 4.69) is 15.1 Å². The van der Waals surface area contributed by atoms with Gasteiger partial charge in [-0.15, -0.1) is 11.3 Å². The number of nitrogens with two attached hydrogens (primary N) is 1. The predicted octanol–water partition coefficient (Wildman–Crippen LogP) is 0.310. The van der Waals surface area contributed by atoms with E-state index in [0.717, 1.165) is 0 Å². The Labute approximate surface area is 83.4 Å². The third-order valence-corrected chi connectivity index (χ3v) is 2.22. The van der Waals surface area contributed by atoms with Gasteiger partial charge in [-0.05, 0) is 0 Å². The van der Waals surface area contributed by atoms with E-state index < -0.39 is 0 Å². The molecular formula is C7H8N4O2S. The lowest BCUT2D eigenvalue weighted by Gasteiger charge is -1.83. The number of hydrogen-bond acceptors (Lipinski definition) is 7. The molecule has 0 atom stereocenters. The molecule has 0 radical (unpaired) electrons. The van der Waals surface area contributed by atoms with Crippen molar-refractivity contribution in [2.24, 2.45) is 0 Å². The highest BCUT2D eigenvalue weighted by Crippen LogP contribution is 2.21. The summed E-state index contributed by atoms with van der Waals surface area (Å²) in [6, 6.07) is 0. The zero-order valence-electron chi connectivity index (χ0n) is 7.17. The van der Waals surface area contributed by atoms with Crippen LogP contribution in [0.1, 0.15) is 5.82 Å². The van der Waals surface area contributed by atoms with Crippen LogP contribution < -0.4 is 5.73 Å². The van der Waals surface area contributed by atoms with Gasteiger partial charge in [-0.2, -0.15) is 4.98 Å². The second kappa shape index (κ2) is 3.72. The number of aromatic nitrogens is 3. The fraction of sp³-hybridized carbons (Fsp3) is 0.286. The van der Waals surface area contributed by atoms with Gasteiger partial charge in [0, 0.05) is 11.8 Å². The Morgan fingerprint density at radius 3 is 3.00 bits per heavy atom.